The zero-order valence-electron chi connectivity index (χ0n) is 20.4. The highest BCUT2D eigenvalue weighted by atomic mass is 16.5. The molecule has 7 rings (SSSR count). The highest BCUT2D eigenvalue weighted by Gasteiger charge is 2.34. The van der Waals surface area contributed by atoms with Crippen molar-refractivity contribution >= 4 is 39.3 Å². The van der Waals surface area contributed by atoms with Crippen LogP contribution in [0.2, 0.25) is 0 Å². The normalized spacial score (nSPS) is 20.3. The standard InChI is InChI=1S/C31H26N2O4/c34-30-24(13-6-16-36-30)21-11-5-12-22(25-14-7-17-37-31(25)35)28(21)27-18-32-29-23-10-2-1-8-19(23)20-9-3-4-15-26(20)33(27)29/h1-5,8-12,15,18,24-25H,6-7,13-14,16-17H2. The minimum atomic E-state index is -0.388. The van der Waals surface area contributed by atoms with E-state index >= 15 is 0 Å². The topological polar surface area (TPSA) is 69.9 Å². The van der Waals surface area contributed by atoms with E-state index in [1.807, 2.05) is 48.7 Å². The molecular weight excluding hydrogens is 464 g/mol. The molecular formula is C31H26N2O4. The summed E-state index contributed by atoms with van der Waals surface area (Å²) in [4.78, 5) is 30.9. The molecule has 0 amide bonds. The van der Waals surface area contributed by atoms with Crippen LogP contribution in [0.3, 0.4) is 0 Å². The number of ether oxygens (including phenoxy) is 2. The summed E-state index contributed by atoms with van der Waals surface area (Å²) in [5.74, 6) is -1.19. The molecule has 2 aliphatic rings. The van der Waals surface area contributed by atoms with Crippen LogP contribution in [0, 0.1) is 0 Å². The van der Waals surface area contributed by atoms with Crippen LogP contribution < -0.4 is 0 Å². The van der Waals surface area contributed by atoms with E-state index in [-0.39, 0.29) is 23.8 Å². The van der Waals surface area contributed by atoms with Crippen molar-refractivity contribution in [2.45, 2.75) is 37.5 Å². The summed E-state index contributed by atoms with van der Waals surface area (Å²) in [5, 5.41) is 3.32. The molecule has 0 spiro atoms. The Morgan fingerprint density at radius 2 is 1.30 bits per heavy atom. The van der Waals surface area contributed by atoms with E-state index in [1.54, 1.807) is 0 Å². The third-order valence-corrected chi connectivity index (χ3v) is 7.83. The highest BCUT2D eigenvalue weighted by molar-refractivity contribution is 6.12. The second-order valence-corrected chi connectivity index (χ2v) is 9.90. The molecule has 0 N–H and O–H groups in total. The number of nitrogens with zero attached hydrogens (tertiary/aromatic N) is 2. The first-order valence-corrected chi connectivity index (χ1v) is 13.0. The third-order valence-electron chi connectivity index (χ3n) is 7.83. The Labute approximate surface area is 213 Å². The first-order valence-electron chi connectivity index (χ1n) is 13.0. The van der Waals surface area contributed by atoms with Crippen molar-refractivity contribution in [3.05, 3.63) is 84.1 Å². The van der Waals surface area contributed by atoms with E-state index in [0.29, 0.717) is 26.1 Å². The van der Waals surface area contributed by atoms with Gasteiger partial charge in [0.15, 0.2) is 0 Å². The molecule has 2 aromatic heterocycles. The molecule has 6 heteroatoms. The number of esters is 2. The Hall–Kier alpha value is -4.19. The molecule has 2 saturated heterocycles. The fourth-order valence-corrected chi connectivity index (χ4v) is 6.16. The van der Waals surface area contributed by atoms with Crippen molar-refractivity contribution in [1.29, 1.82) is 0 Å². The van der Waals surface area contributed by atoms with Gasteiger partial charge in [-0.15, -0.1) is 0 Å². The van der Waals surface area contributed by atoms with Gasteiger partial charge in [-0.3, -0.25) is 14.0 Å². The van der Waals surface area contributed by atoms with Gasteiger partial charge >= 0.3 is 11.9 Å². The second kappa shape index (κ2) is 8.73. The smallest absolute Gasteiger partial charge is 0.313 e. The summed E-state index contributed by atoms with van der Waals surface area (Å²) in [6.07, 6.45) is 4.94. The number of carbonyl (C=O) groups is 2. The fourth-order valence-electron chi connectivity index (χ4n) is 6.16. The maximum atomic E-state index is 13.0. The Morgan fingerprint density at radius 1 is 0.703 bits per heavy atom. The minimum Gasteiger partial charge on any atom is -0.465 e. The number of pyridine rings is 1. The van der Waals surface area contributed by atoms with Crippen LogP contribution in [-0.2, 0) is 19.1 Å². The van der Waals surface area contributed by atoms with Crippen LogP contribution in [0.4, 0.5) is 0 Å². The zero-order valence-corrected chi connectivity index (χ0v) is 20.4. The van der Waals surface area contributed by atoms with Gasteiger partial charge in [0, 0.05) is 16.3 Å². The van der Waals surface area contributed by atoms with Crippen molar-refractivity contribution in [3.63, 3.8) is 0 Å². The number of rotatable bonds is 3. The van der Waals surface area contributed by atoms with Crippen molar-refractivity contribution in [1.82, 2.24) is 9.38 Å². The number of imidazole rings is 1. The maximum Gasteiger partial charge on any atom is 0.313 e. The van der Waals surface area contributed by atoms with Gasteiger partial charge in [0.05, 0.1) is 42.5 Å². The van der Waals surface area contributed by atoms with Crippen LogP contribution in [-0.4, -0.2) is 34.5 Å². The van der Waals surface area contributed by atoms with E-state index in [2.05, 4.69) is 28.7 Å². The van der Waals surface area contributed by atoms with Crippen molar-refractivity contribution < 1.29 is 19.1 Å². The Bertz CT molecular complexity index is 1660. The molecule has 37 heavy (non-hydrogen) atoms. The van der Waals surface area contributed by atoms with Gasteiger partial charge < -0.3 is 9.47 Å². The van der Waals surface area contributed by atoms with Gasteiger partial charge in [-0.25, -0.2) is 4.98 Å². The van der Waals surface area contributed by atoms with Gasteiger partial charge in [-0.1, -0.05) is 60.7 Å². The minimum absolute atomic E-state index is 0.208. The molecule has 2 aliphatic heterocycles. The molecule has 0 aliphatic carbocycles. The summed E-state index contributed by atoms with van der Waals surface area (Å²) < 4.78 is 13.2. The average molecular weight is 491 g/mol. The molecule has 4 heterocycles. The van der Waals surface area contributed by atoms with E-state index in [4.69, 9.17) is 14.5 Å². The van der Waals surface area contributed by atoms with E-state index in [1.165, 1.54) is 0 Å². The molecule has 2 fully saturated rings. The molecule has 6 nitrogen and oxygen atoms in total. The summed E-state index contributed by atoms with van der Waals surface area (Å²) in [6.45, 7) is 0.900. The molecule has 2 atom stereocenters. The number of fused-ring (bicyclic) bond motifs is 6. The molecule has 184 valence electrons. The van der Waals surface area contributed by atoms with Gasteiger partial charge in [0.1, 0.15) is 5.65 Å². The molecule has 3 aromatic carbocycles. The number of cyclic esters (lactones) is 2. The Balaban J connectivity index is 1.58. The maximum absolute atomic E-state index is 13.0. The summed E-state index contributed by atoms with van der Waals surface area (Å²) in [6, 6.07) is 22.6. The lowest BCUT2D eigenvalue weighted by Crippen LogP contribution is -2.25. The van der Waals surface area contributed by atoms with E-state index in [0.717, 1.165) is 62.5 Å². The van der Waals surface area contributed by atoms with Crippen LogP contribution in [0.25, 0.3) is 38.6 Å². The zero-order chi connectivity index (χ0) is 24.9. The Kier molecular flexibility index (Phi) is 5.20. The molecule has 0 bridgehead atoms. The van der Waals surface area contributed by atoms with Gasteiger partial charge in [0.25, 0.3) is 0 Å². The summed E-state index contributed by atoms with van der Waals surface area (Å²) >= 11 is 0. The van der Waals surface area contributed by atoms with Crippen molar-refractivity contribution in [2.24, 2.45) is 0 Å². The second-order valence-electron chi connectivity index (χ2n) is 9.90. The number of carbonyl (C=O) groups excluding carboxylic acids is 2. The van der Waals surface area contributed by atoms with Crippen LogP contribution in [0.15, 0.2) is 72.9 Å². The molecule has 0 radical (unpaired) electrons. The van der Waals surface area contributed by atoms with Crippen molar-refractivity contribution in [3.8, 4) is 11.3 Å². The van der Waals surface area contributed by atoms with Crippen molar-refractivity contribution in [2.75, 3.05) is 13.2 Å². The van der Waals surface area contributed by atoms with Gasteiger partial charge in [-0.05, 0) is 48.3 Å². The van der Waals surface area contributed by atoms with Crippen LogP contribution in [0.1, 0.15) is 48.6 Å². The highest BCUT2D eigenvalue weighted by Crippen LogP contribution is 2.43. The number of hydrogen-bond donors (Lipinski definition) is 0. The van der Waals surface area contributed by atoms with Gasteiger partial charge in [-0.2, -0.15) is 0 Å². The van der Waals surface area contributed by atoms with Gasteiger partial charge in [0.2, 0.25) is 0 Å². The first kappa shape index (κ1) is 22.0. The van der Waals surface area contributed by atoms with Crippen LogP contribution in [0.5, 0.6) is 0 Å². The third kappa shape index (κ3) is 3.43. The largest absolute Gasteiger partial charge is 0.465 e. The summed E-state index contributed by atoms with van der Waals surface area (Å²) in [5.41, 5.74) is 5.42. The first-order chi connectivity index (χ1) is 18.2. The van der Waals surface area contributed by atoms with E-state index < -0.39 is 0 Å². The number of para-hydroxylation sites is 1. The lowest BCUT2D eigenvalue weighted by atomic mass is 9.81. The average Bonchev–Trinajstić information content (AvgIpc) is 3.39. The fraction of sp³-hybridized carbons (Fsp3) is 0.258. The summed E-state index contributed by atoms with van der Waals surface area (Å²) in [7, 11) is 0. The molecule has 0 saturated carbocycles. The predicted octanol–water partition coefficient (Wildman–Crippen LogP) is 6.15. The molecule has 2 unspecified atom stereocenters. The number of hydrogen-bond acceptors (Lipinski definition) is 5. The Morgan fingerprint density at radius 3 is 1.95 bits per heavy atom. The lowest BCUT2D eigenvalue weighted by molar-refractivity contribution is -0.149. The number of benzene rings is 3. The van der Waals surface area contributed by atoms with Crippen LogP contribution >= 0.6 is 0 Å². The SMILES string of the molecule is O=C1OCCCC1c1cccc(C2CCCOC2=O)c1-c1cnc2c3ccccc3c3ccccc3n12. The lowest BCUT2D eigenvalue weighted by Gasteiger charge is -2.28. The quantitative estimate of drug-likeness (QED) is 0.224. The number of aromatic nitrogens is 2. The predicted molar refractivity (Wildman–Crippen MR) is 142 cm³/mol. The monoisotopic (exact) mass is 490 g/mol. The van der Waals surface area contributed by atoms with E-state index in [9.17, 15) is 9.59 Å². The molecule has 5 aromatic rings.